The van der Waals surface area contributed by atoms with Crippen LogP contribution in [0.3, 0.4) is 0 Å². The molecule has 3 aliphatic rings. The van der Waals surface area contributed by atoms with Crippen LogP contribution >= 0.6 is 11.6 Å². The van der Waals surface area contributed by atoms with Gasteiger partial charge in [0.1, 0.15) is 24.3 Å². The fourth-order valence-electron chi connectivity index (χ4n) is 5.24. The maximum absolute atomic E-state index is 13.6. The molecule has 1 amide bonds. The lowest BCUT2D eigenvalue weighted by Crippen LogP contribution is -2.49. The lowest BCUT2D eigenvalue weighted by atomic mass is 9.95. The first kappa shape index (κ1) is 26.7. The van der Waals surface area contributed by atoms with Gasteiger partial charge in [0, 0.05) is 17.7 Å². The zero-order valence-electron chi connectivity index (χ0n) is 22.0. The van der Waals surface area contributed by atoms with Crippen LogP contribution in [0, 0.1) is 5.82 Å². The van der Waals surface area contributed by atoms with Crippen molar-refractivity contribution in [3.05, 3.63) is 88.2 Å². The van der Waals surface area contributed by atoms with E-state index in [9.17, 15) is 14.3 Å². The molecule has 1 saturated heterocycles. The zero-order chi connectivity index (χ0) is 27.6. The van der Waals surface area contributed by atoms with Crippen LogP contribution in [0.4, 0.5) is 4.39 Å². The van der Waals surface area contributed by atoms with Crippen LogP contribution in [0.1, 0.15) is 48.5 Å². The minimum Gasteiger partial charge on any atom is -0.489 e. The molecule has 2 unspecified atom stereocenters. The highest BCUT2D eigenvalue weighted by atomic mass is 35.5. The van der Waals surface area contributed by atoms with Gasteiger partial charge in [-0.1, -0.05) is 47.1 Å². The largest absolute Gasteiger partial charge is 0.489 e. The topological polar surface area (TPSA) is 83.4 Å². The van der Waals surface area contributed by atoms with Gasteiger partial charge in [-0.2, -0.15) is 0 Å². The van der Waals surface area contributed by atoms with Gasteiger partial charge < -0.3 is 24.9 Å². The molecule has 3 aromatic rings. The molecule has 6 rings (SSSR count). The Morgan fingerprint density at radius 3 is 2.58 bits per heavy atom. The van der Waals surface area contributed by atoms with Crippen molar-refractivity contribution < 1.29 is 23.9 Å². The highest BCUT2D eigenvalue weighted by Crippen LogP contribution is 2.34. The number of carbonyl (C=O) groups excluding carboxylic acids is 1. The van der Waals surface area contributed by atoms with Crippen LogP contribution in [0.5, 0.6) is 5.75 Å². The van der Waals surface area contributed by atoms with E-state index in [1.165, 1.54) is 12.1 Å². The Kier molecular flexibility index (Phi) is 7.74. The molecule has 3 aromatic carbocycles. The number of likely N-dealkylation sites (tertiary alicyclic amines) is 1. The third-order valence-corrected chi connectivity index (χ3v) is 7.89. The molecule has 2 N–H and O–H groups in total. The van der Waals surface area contributed by atoms with Crippen LogP contribution in [0.25, 0.3) is 11.1 Å². The molecule has 208 valence electrons. The van der Waals surface area contributed by atoms with Crippen molar-refractivity contribution in [3.63, 3.8) is 0 Å². The summed E-state index contributed by atoms with van der Waals surface area (Å²) in [6.07, 6.45) is 3.43. The molecule has 0 spiro atoms. The van der Waals surface area contributed by atoms with E-state index in [0.29, 0.717) is 28.4 Å². The maximum atomic E-state index is 13.6. The summed E-state index contributed by atoms with van der Waals surface area (Å²) < 4.78 is 19.2. The third-order valence-electron chi connectivity index (χ3n) is 7.60. The fraction of sp³-hybridized carbons (Fsp3) is 0.355. The van der Waals surface area contributed by atoms with Gasteiger partial charge in [-0.3, -0.25) is 4.79 Å². The molecule has 2 atom stereocenters. The van der Waals surface area contributed by atoms with Crippen molar-refractivity contribution in [1.82, 2.24) is 10.2 Å². The number of carbonyl (C=O) groups is 1. The van der Waals surface area contributed by atoms with Crippen LogP contribution < -0.4 is 10.1 Å². The lowest BCUT2D eigenvalue weighted by molar-refractivity contribution is -0.116. The molecule has 7 nitrogen and oxygen atoms in total. The van der Waals surface area contributed by atoms with E-state index in [1.807, 2.05) is 18.2 Å². The summed E-state index contributed by atoms with van der Waals surface area (Å²) in [7, 11) is 0. The van der Waals surface area contributed by atoms with Gasteiger partial charge in [0.25, 0.3) is 5.91 Å². The number of aliphatic hydroxyl groups is 1. The summed E-state index contributed by atoms with van der Waals surface area (Å²) in [5.74, 6) is -0.129. The number of hydrogen-bond acceptors (Lipinski definition) is 6. The number of oxime groups is 1. The average molecular weight is 564 g/mol. The molecule has 0 aromatic heterocycles. The van der Waals surface area contributed by atoms with E-state index in [2.05, 4.69) is 15.4 Å². The lowest BCUT2D eigenvalue weighted by Gasteiger charge is -2.29. The van der Waals surface area contributed by atoms with Gasteiger partial charge in [0.15, 0.2) is 5.71 Å². The Labute approximate surface area is 237 Å². The predicted octanol–water partition coefficient (Wildman–Crippen LogP) is 5.24. The minimum atomic E-state index is -0.998. The second kappa shape index (κ2) is 11.6. The van der Waals surface area contributed by atoms with E-state index in [4.69, 9.17) is 21.2 Å². The molecule has 1 aliphatic carbocycles. The van der Waals surface area contributed by atoms with Crippen LogP contribution in [0.2, 0.25) is 5.02 Å². The number of fused-ring (bicyclic) bond motifs is 1. The highest BCUT2D eigenvalue weighted by molar-refractivity contribution is 6.45. The van der Waals surface area contributed by atoms with Gasteiger partial charge in [-0.15, -0.1) is 0 Å². The van der Waals surface area contributed by atoms with Gasteiger partial charge in [-0.05, 0) is 85.8 Å². The van der Waals surface area contributed by atoms with Crippen LogP contribution in [0.15, 0.2) is 65.8 Å². The number of hydrogen-bond donors (Lipinski definition) is 2. The second-order valence-corrected chi connectivity index (χ2v) is 11.0. The normalized spacial score (nSPS) is 18.3. The number of halogens is 2. The van der Waals surface area contributed by atoms with Crippen LogP contribution in [-0.2, 0) is 16.2 Å². The Bertz CT molecular complexity index is 1420. The van der Waals surface area contributed by atoms with Crippen LogP contribution in [-0.4, -0.2) is 53.4 Å². The van der Waals surface area contributed by atoms with E-state index in [1.54, 1.807) is 30.3 Å². The van der Waals surface area contributed by atoms with Gasteiger partial charge in [0.05, 0.1) is 17.2 Å². The summed E-state index contributed by atoms with van der Waals surface area (Å²) in [5, 5.41) is 19.0. The molecule has 1 saturated carbocycles. The second-order valence-electron chi connectivity index (χ2n) is 10.6. The molecule has 40 heavy (non-hydrogen) atoms. The average Bonchev–Trinajstić information content (AvgIpc) is 3.64. The van der Waals surface area contributed by atoms with Gasteiger partial charge in [0.2, 0.25) is 0 Å². The smallest absolute Gasteiger partial charge is 0.274 e. The molecular weight excluding hydrogens is 533 g/mol. The first-order chi connectivity index (χ1) is 19.4. The molecular formula is C31H31ClFN3O4. The Hall–Kier alpha value is -3.46. The first-order valence-corrected chi connectivity index (χ1v) is 14.1. The van der Waals surface area contributed by atoms with Gasteiger partial charge >= 0.3 is 0 Å². The van der Waals surface area contributed by atoms with E-state index in [0.717, 1.165) is 55.5 Å². The summed E-state index contributed by atoms with van der Waals surface area (Å²) in [6, 6.07) is 16.6. The number of rotatable bonds is 9. The SMILES string of the molecule is O=C(NC(CN1CCCC1)C(O)c1ccc(OC2CC2)c(Cl)c1)C1=NOCc2cc(-c3ccc(F)cc3)ccc21. The van der Waals surface area contributed by atoms with Crippen molar-refractivity contribution in [3.8, 4) is 16.9 Å². The monoisotopic (exact) mass is 563 g/mol. The van der Waals surface area contributed by atoms with Crippen molar-refractivity contribution in [1.29, 1.82) is 0 Å². The van der Waals surface area contributed by atoms with Crippen molar-refractivity contribution >= 4 is 23.2 Å². The number of nitrogens with zero attached hydrogens (tertiary/aromatic N) is 2. The van der Waals surface area contributed by atoms with E-state index in [-0.39, 0.29) is 24.2 Å². The van der Waals surface area contributed by atoms with E-state index >= 15 is 0 Å². The standard InChI is InChI=1S/C31H31ClFN3O4/c32-26-16-21(6-12-28(26)40-24-9-10-24)30(37)27(17-36-13-1-2-14-36)34-31(38)29-25-11-5-20(15-22(25)18-39-35-29)19-3-7-23(33)8-4-19/h3-8,11-12,15-16,24,27,30,37H,1-2,9-10,13-14,17-18H2,(H,34,38). The molecule has 2 heterocycles. The Balaban J connectivity index is 1.22. The van der Waals surface area contributed by atoms with E-state index < -0.39 is 18.1 Å². The number of ether oxygens (including phenoxy) is 1. The van der Waals surface area contributed by atoms with Crippen molar-refractivity contribution in [2.24, 2.45) is 5.16 Å². The maximum Gasteiger partial charge on any atom is 0.274 e. The zero-order valence-corrected chi connectivity index (χ0v) is 22.7. The summed E-state index contributed by atoms with van der Waals surface area (Å²) in [4.78, 5) is 21.3. The van der Waals surface area contributed by atoms with Crippen molar-refractivity contribution in [2.75, 3.05) is 19.6 Å². The first-order valence-electron chi connectivity index (χ1n) is 13.7. The quantitative estimate of drug-likeness (QED) is 0.372. The number of nitrogens with one attached hydrogen (secondary N) is 1. The Morgan fingerprint density at radius 1 is 1.10 bits per heavy atom. The minimum absolute atomic E-state index is 0.150. The molecule has 2 fully saturated rings. The number of aliphatic hydroxyl groups excluding tert-OH is 1. The summed E-state index contributed by atoms with van der Waals surface area (Å²) in [5.41, 5.74) is 3.96. The third kappa shape index (κ3) is 5.99. The Morgan fingerprint density at radius 2 is 1.85 bits per heavy atom. The molecule has 0 bridgehead atoms. The summed E-state index contributed by atoms with van der Waals surface area (Å²) in [6.45, 7) is 2.52. The predicted molar refractivity (Wildman–Crippen MR) is 151 cm³/mol. The molecule has 9 heteroatoms. The number of amides is 1. The summed E-state index contributed by atoms with van der Waals surface area (Å²) >= 11 is 6.48. The highest BCUT2D eigenvalue weighted by Gasteiger charge is 2.31. The fourth-order valence-corrected chi connectivity index (χ4v) is 5.48. The molecule has 0 radical (unpaired) electrons. The van der Waals surface area contributed by atoms with Crippen molar-refractivity contribution in [2.45, 2.75) is 50.5 Å². The molecule has 2 aliphatic heterocycles. The van der Waals surface area contributed by atoms with Gasteiger partial charge in [-0.25, -0.2) is 4.39 Å². The number of benzene rings is 3.